The first-order valence-corrected chi connectivity index (χ1v) is 10.8. The van der Waals surface area contributed by atoms with Gasteiger partial charge in [0.15, 0.2) is 17.5 Å². The van der Waals surface area contributed by atoms with Gasteiger partial charge in [-0.05, 0) is 42.8 Å². The largest absolute Gasteiger partial charge is 0.494 e. The second-order valence-corrected chi connectivity index (χ2v) is 8.20. The van der Waals surface area contributed by atoms with E-state index < -0.39 is 30.1 Å². The minimum absolute atomic E-state index is 0.0581. The molecule has 0 bridgehead atoms. The van der Waals surface area contributed by atoms with Gasteiger partial charge in [0.25, 0.3) is 0 Å². The molecule has 2 aromatic heterocycles. The van der Waals surface area contributed by atoms with Gasteiger partial charge in [-0.1, -0.05) is 11.6 Å². The number of aliphatic hydroxyl groups is 1. The van der Waals surface area contributed by atoms with E-state index in [4.69, 9.17) is 21.7 Å². The number of anilines is 2. The summed E-state index contributed by atoms with van der Waals surface area (Å²) in [5.41, 5.74) is 2.24. The number of nitrogens with zero attached hydrogens (tertiary/aromatic N) is 3. The minimum atomic E-state index is -1.61. The number of methoxy groups -OCH3 is 1. The summed E-state index contributed by atoms with van der Waals surface area (Å²) in [4.78, 5) is 4.22. The Morgan fingerprint density at radius 3 is 2.46 bits per heavy atom. The fourth-order valence-corrected chi connectivity index (χ4v) is 3.93. The highest BCUT2D eigenvalue weighted by Crippen LogP contribution is 2.29. The van der Waals surface area contributed by atoms with E-state index in [1.807, 2.05) is 23.8 Å². The predicted octanol–water partition coefficient (Wildman–Crippen LogP) is 4.87. The number of benzene rings is 2. The molecule has 3 N–H and O–H groups in total. The molecule has 7 nitrogen and oxygen atoms in total. The van der Waals surface area contributed by atoms with E-state index >= 15 is 0 Å². The molecule has 0 aliphatic carbocycles. The van der Waals surface area contributed by atoms with Crippen LogP contribution in [0.5, 0.6) is 5.75 Å². The lowest BCUT2D eigenvalue weighted by molar-refractivity contribution is 0.245. The maximum Gasteiger partial charge on any atom is 0.194 e. The normalized spacial score (nSPS) is 12.0. The average Bonchev–Trinajstić information content (AvgIpc) is 3.26. The molecule has 4 rings (SSSR count). The second-order valence-electron chi connectivity index (χ2n) is 7.76. The number of rotatable bonds is 7. The van der Waals surface area contributed by atoms with Gasteiger partial charge in [0.05, 0.1) is 48.2 Å². The third kappa shape index (κ3) is 4.89. The summed E-state index contributed by atoms with van der Waals surface area (Å²) in [7, 11) is 1.53. The van der Waals surface area contributed by atoms with Crippen LogP contribution in [0.3, 0.4) is 0 Å². The van der Waals surface area contributed by atoms with Crippen LogP contribution in [0.25, 0.3) is 5.69 Å². The smallest absolute Gasteiger partial charge is 0.194 e. The molecule has 182 valence electrons. The van der Waals surface area contributed by atoms with Crippen molar-refractivity contribution in [2.75, 3.05) is 19.0 Å². The zero-order chi connectivity index (χ0) is 25.3. The number of imidazole rings is 1. The quantitative estimate of drug-likeness (QED) is 0.314. The summed E-state index contributed by atoms with van der Waals surface area (Å²) in [6, 6.07) is 7.27. The molecule has 4 aromatic rings. The number of nitrogens with one attached hydrogen (secondary N) is 2. The van der Waals surface area contributed by atoms with Crippen LogP contribution in [0.4, 0.5) is 24.5 Å². The Hall–Kier alpha value is -3.76. The van der Waals surface area contributed by atoms with E-state index in [1.54, 1.807) is 18.5 Å². The van der Waals surface area contributed by atoms with Crippen LogP contribution in [0.1, 0.15) is 17.3 Å². The van der Waals surface area contributed by atoms with Gasteiger partial charge >= 0.3 is 0 Å². The summed E-state index contributed by atoms with van der Waals surface area (Å²) in [6.45, 7) is 1.26. The number of aliphatic hydroxyl groups excluding tert-OH is 1. The van der Waals surface area contributed by atoms with Crippen LogP contribution < -0.4 is 15.5 Å². The minimum Gasteiger partial charge on any atom is -0.494 e. The standard InChI is InChI=1S/C24H21ClF3N5O2/c1-13-9-32(12-30-13)20-4-3-16(8-22(20)35-2)31-19-7-15(25)10-33(24(19)29)21(11-34)14-5-17(26)23(28)18(27)6-14/h3-10,12,21,29,31,34H,11H2,1-2H3. The average molecular weight is 504 g/mol. The van der Waals surface area contributed by atoms with Gasteiger partial charge in [0.2, 0.25) is 0 Å². The summed E-state index contributed by atoms with van der Waals surface area (Å²) in [6.07, 6.45) is 4.86. The zero-order valence-electron chi connectivity index (χ0n) is 18.7. The Labute approximate surface area is 203 Å². The molecule has 0 saturated carbocycles. The van der Waals surface area contributed by atoms with E-state index in [0.29, 0.717) is 11.4 Å². The van der Waals surface area contributed by atoms with E-state index in [0.717, 1.165) is 23.5 Å². The zero-order valence-corrected chi connectivity index (χ0v) is 19.4. The Bertz CT molecular complexity index is 1430. The molecule has 0 amide bonds. The van der Waals surface area contributed by atoms with Crippen molar-refractivity contribution in [1.82, 2.24) is 14.1 Å². The number of halogens is 4. The maximum absolute atomic E-state index is 13.8. The van der Waals surface area contributed by atoms with Crippen molar-refractivity contribution in [3.8, 4) is 11.4 Å². The van der Waals surface area contributed by atoms with Crippen LogP contribution in [0, 0.1) is 29.8 Å². The van der Waals surface area contributed by atoms with Gasteiger partial charge in [-0.25, -0.2) is 18.2 Å². The van der Waals surface area contributed by atoms with Crippen LogP contribution in [-0.4, -0.2) is 32.9 Å². The summed E-state index contributed by atoms with van der Waals surface area (Å²) in [5, 5.41) is 21.9. The Kier molecular flexibility index (Phi) is 6.86. The molecule has 0 radical (unpaired) electrons. The van der Waals surface area contributed by atoms with Crippen LogP contribution in [0.15, 0.2) is 55.1 Å². The first kappa shape index (κ1) is 24.4. The summed E-state index contributed by atoms with van der Waals surface area (Å²) >= 11 is 6.26. The lowest BCUT2D eigenvalue weighted by Gasteiger charge is -2.22. The molecule has 35 heavy (non-hydrogen) atoms. The van der Waals surface area contributed by atoms with Gasteiger partial charge in [-0.3, -0.25) is 5.41 Å². The molecule has 11 heteroatoms. The molecule has 2 aromatic carbocycles. The van der Waals surface area contributed by atoms with Gasteiger partial charge in [0, 0.05) is 24.1 Å². The Morgan fingerprint density at radius 1 is 1.14 bits per heavy atom. The maximum atomic E-state index is 13.8. The number of pyridine rings is 1. The molecule has 0 saturated heterocycles. The summed E-state index contributed by atoms with van der Waals surface area (Å²) in [5.74, 6) is -3.87. The molecule has 0 aliphatic rings. The molecule has 0 aliphatic heterocycles. The van der Waals surface area contributed by atoms with E-state index in [1.165, 1.54) is 23.9 Å². The molecule has 2 heterocycles. The number of ether oxygens (including phenoxy) is 1. The van der Waals surface area contributed by atoms with Crippen molar-refractivity contribution in [3.63, 3.8) is 0 Å². The monoisotopic (exact) mass is 503 g/mol. The molecular formula is C24H21ClF3N5O2. The molecule has 0 fully saturated rings. The fourth-order valence-electron chi connectivity index (χ4n) is 3.72. The third-order valence-electron chi connectivity index (χ3n) is 5.41. The van der Waals surface area contributed by atoms with Gasteiger partial charge in [-0.15, -0.1) is 0 Å². The van der Waals surface area contributed by atoms with Crippen LogP contribution >= 0.6 is 11.6 Å². The van der Waals surface area contributed by atoms with E-state index in [9.17, 15) is 18.3 Å². The van der Waals surface area contributed by atoms with Crippen molar-refractivity contribution in [2.24, 2.45) is 0 Å². The number of hydrogen-bond acceptors (Lipinski definition) is 5. The van der Waals surface area contributed by atoms with E-state index in [2.05, 4.69) is 10.3 Å². The van der Waals surface area contributed by atoms with Gasteiger partial charge in [0.1, 0.15) is 11.2 Å². The van der Waals surface area contributed by atoms with Crippen molar-refractivity contribution < 1.29 is 23.0 Å². The molecular weight excluding hydrogens is 483 g/mol. The van der Waals surface area contributed by atoms with Crippen molar-refractivity contribution in [1.29, 1.82) is 5.41 Å². The van der Waals surface area contributed by atoms with Crippen molar-refractivity contribution in [2.45, 2.75) is 13.0 Å². The third-order valence-corrected chi connectivity index (χ3v) is 5.61. The van der Waals surface area contributed by atoms with E-state index in [-0.39, 0.29) is 21.8 Å². The lowest BCUT2D eigenvalue weighted by atomic mass is 10.1. The first-order chi connectivity index (χ1) is 16.7. The van der Waals surface area contributed by atoms with Crippen LogP contribution in [0.2, 0.25) is 5.02 Å². The lowest BCUT2D eigenvalue weighted by Crippen LogP contribution is -2.29. The summed E-state index contributed by atoms with van der Waals surface area (Å²) < 4.78 is 49.6. The van der Waals surface area contributed by atoms with Crippen molar-refractivity contribution >= 4 is 23.0 Å². The second kappa shape index (κ2) is 9.85. The molecule has 1 unspecified atom stereocenters. The Morgan fingerprint density at radius 2 is 1.86 bits per heavy atom. The Balaban J connectivity index is 1.72. The predicted molar refractivity (Wildman–Crippen MR) is 125 cm³/mol. The van der Waals surface area contributed by atoms with Gasteiger partial charge < -0.3 is 24.3 Å². The highest BCUT2D eigenvalue weighted by Gasteiger charge is 2.20. The topological polar surface area (TPSA) is 88.1 Å². The number of hydrogen-bond donors (Lipinski definition) is 3. The van der Waals surface area contributed by atoms with Crippen LogP contribution in [-0.2, 0) is 0 Å². The highest BCUT2D eigenvalue weighted by molar-refractivity contribution is 6.30. The highest BCUT2D eigenvalue weighted by atomic mass is 35.5. The number of aryl methyl sites for hydroxylation is 1. The van der Waals surface area contributed by atoms with Crippen molar-refractivity contribution in [3.05, 3.63) is 94.3 Å². The fraction of sp³-hybridized carbons (Fsp3) is 0.167. The molecule has 0 spiro atoms. The van der Waals surface area contributed by atoms with Gasteiger partial charge in [-0.2, -0.15) is 0 Å². The SMILES string of the molecule is COc1cc(Nc2cc(Cl)cn(C(CO)c3cc(F)c(F)c(F)c3)c2=N)ccc1-n1cnc(C)c1. The number of aromatic nitrogens is 3. The first-order valence-electron chi connectivity index (χ1n) is 10.4. The molecule has 1 atom stereocenters.